The van der Waals surface area contributed by atoms with Crippen molar-refractivity contribution in [3.63, 3.8) is 0 Å². The van der Waals surface area contributed by atoms with Gasteiger partial charge in [0.2, 0.25) is 6.54 Å². The lowest BCUT2D eigenvalue weighted by Crippen LogP contribution is -2.12. The Bertz CT molecular complexity index is 378. The maximum absolute atomic E-state index is 10.5. The van der Waals surface area contributed by atoms with Crippen LogP contribution in [0.3, 0.4) is 0 Å². The summed E-state index contributed by atoms with van der Waals surface area (Å²) in [6.07, 6.45) is 0.599. The zero-order chi connectivity index (χ0) is 12.1. The van der Waals surface area contributed by atoms with Crippen LogP contribution in [0.4, 0.5) is 0 Å². The molecule has 1 N–H and O–H groups in total. The Hall–Kier alpha value is -1.78. The van der Waals surface area contributed by atoms with E-state index in [1.165, 1.54) is 7.11 Å². The first kappa shape index (κ1) is 12.3. The molecule has 0 spiro atoms. The quantitative estimate of drug-likeness (QED) is 0.615. The fraction of sp³-hybridized carbons (Fsp3) is 0.455. The first-order valence-corrected chi connectivity index (χ1v) is 5.07. The lowest BCUT2D eigenvalue weighted by Gasteiger charge is -2.14. The third-order valence-corrected chi connectivity index (χ3v) is 2.55. The molecule has 1 aromatic rings. The smallest absolute Gasteiger partial charge is 0.210 e. The SMILES string of the molecule is CCC(C[N+](=O)[O-])c1cccc(OC)c1O. The molecule has 0 aliphatic rings. The second-order valence-electron chi connectivity index (χ2n) is 3.52. The molecule has 5 heteroatoms. The van der Waals surface area contributed by atoms with Crippen molar-refractivity contribution in [2.75, 3.05) is 13.7 Å². The van der Waals surface area contributed by atoms with E-state index in [9.17, 15) is 15.2 Å². The van der Waals surface area contributed by atoms with Crippen LogP contribution in [0.2, 0.25) is 0 Å². The summed E-state index contributed by atoms with van der Waals surface area (Å²) in [4.78, 5) is 10.1. The highest BCUT2D eigenvalue weighted by Crippen LogP contribution is 2.35. The highest BCUT2D eigenvalue weighted by molar-refractivity contribution is 5.47. The Labute approximate surface area is 93.8 Å². The Morgan fingerprint density at radius 3 is 2.75 bits per heavy atom. The van der Waals surface area contributed by atoms with Crippen LogP contribution in [-0.4, -0.2) is 23.7 Å². The van der Waals surface area contributed by atoms with Crippen molar-refractivity contribution in [2.24, 2.45) is 0 Å². The Balaban J connectivity index is 3.04. The van der Waals surface area contributed by atoms with E-state index >= 15 is 0 Å². The van der Waals surface area contributed by atoms with Crippen LogP contribution in [0, 0.1) is 10.1 Å². The summed E-state index contributed by atoms with van der Waals surface area (Å²) in [6.45, 7) is 1.67. The molecule has 0 heterocycles. The summed E-state index contributed by atoms with van der Waals surface area (Å²) in [6, 6.07) is 5.03. The van der Waals surface area contributed by atoms with Gasteiger partial charge in [-0.25, -0.2) is 0 Å². The lowest BCUT2D eigenvalue weighted by molar-refractivity contribution is -0.483. The van der Waals surface area contributed by atoms with Crippen LogP contribution in [0.15, 0.2) is 18.2 Å². The minimum atomic E-state index is -0.368. The van der Waals surface area contributed by atoms with Crippen molar-refractivity contribution >= 4 is 0 Å². The number of phenols is 1. The number of hydrogen-bond donors (Lipinski definition) is 1. The van der Waals surface area contributed by atoms with Gasteiger partial charge in [0.25, 0.3) is 0 Å². The Kier molecular flexibility index (Phi) is 4.10. The van der Waals surface area contributed by atoms with Gasteiger partial charge in [0.05, 0.1) is 13.0 Å². The predicted molar refractivity (Wildman–Crippen MR) is 59.6 cm³/mol. The van der Waals surface area contributed by atoms with Crippen LogP contribution >= 0.6 is 0 Å². The van der Waals surface area contributed by atoms with Gasteiger partial charge in [-0.2, -0.15) is 0 Å². The van der Waals surface area contributed by atoms with Gasteiger partial charge in [0, 0.05) is 10.5 Å². The molecule has 0 bridgehead atoms. The van der Waals surface area contributed by atoms with Crippen molar-refractivity contribution in [1.29, 1.82) is 0 Å². The normalized spacial score (nSPS) is 12.1. The van der Waals surface area contributed by atoms with Gasteiger partial charge in [0.1, 0.15) is 0 Å². The number of phenolic OH excluding ortho intramolecular Hbond substituents is 1. The molecule has 1 unspecified atom stereocenters. The molecule has 0 amide bonds. The van der Waals surface area contributed by atoms with E-state index in [1.54, 1.807) is 18.2 Å². The summed E-state index contributed by atoms with van der Waals surface area (Å²) < 4.78 is 4.97. The first-order chi connectivity index (χ1) is 7.60. The van der Waals surface area contributed by atoms with Crippen molar-refractivity contribution < 1.29 is 14.8 Å². The summed E-state index contributed by atoms with van der Waals surface area (Å²) in [5, 5.41) is 20.4. The first-order valence-electron chi connectivity index (χ1n) is 5.07. The molecule has 88 valence electrons. The summed E-state index contributed by atoms with van der Waals surface area (Å²) in [7, 11) is 1.45. The van der Waals surface area contributed by atoms with Crippen molar-refractivity contribution in [3.05, 3.63) is 33.9 Å². The van der Waals surface area contributed by atoms with E-state index in [0.29, 0.717) is 17.7 Å². The number of nitrogens with zero attached hydrogens (tertiary/aromatic N) is 1. The van der Waals surface area contributed by atoms with Crippen LogP contribution in [0.1, 0.15) is 24.8 Å². The minimum absolute atomic E-state index is 0.00120. The van der Waals surface area contributed by atoms with Crippen LogP contribution in [-0.2, 0) is 0 Å². The molecule has 0 aliphatic heterocycles. The molecule has 0 radical (unpaired) electrons. The topological polar surface area (TPSA) is 72.6 Å². The standard InChI is InChI=1S/C11H15NO4/c1-3-8(7-12(14)15)9-5-4-6-10(16-2)11(9)13/h4-6,8,13H,3,7H2,1-2H3. The van der Waals surface area contributed by atoms with Gasteiger partial charge in [-0.05, 0) is 12.5 Å². The fourth-order valence-electron chi connectivity index (χ4n) is 1.66. The second kappa shape index (κ2) is 5.34. The maximum Gasteiger partial charge on any atom is 0.210 e. The van der Waals surface area contributed by atoms with E-state index in [4.69, 9.17) is 4.74 Å². The van der Waals surface area contributed by atoms with E-state index < -0.39 is 0 Å². The Morgan fingerprint density at radius 2 is 2.25 bits per heavy atom. The van der Waals surface area contributed by atoms with Gasteiger partial charge in [-0.15, -0.1) is 0 Å². The molecule has 0 saturated carbocycles. The molecule has 1 aromatic carbocycles. The molecule has 5 nitrogen and oxygen atoms in total. The summed E-state index contributed by atoms with van der Waals surface area (Å²) in [5.74, 6) is 0.0584. The lowest BCUT2D eigenvalue weighted by atomic mass is 9.95. The monoisotopic (exact) mass is 225 g/mol. The number of rotatable bonds is 5. The van der Waals surface area contributed by atoms with E-state index in [-0.39, 0.29) is 23.1 Å². The molecule has 0 fully saturated rings. The summed E-state index contributed by atoms with van der Waals surface area (Å²) >= 11 is 0. The van der Waals surface area contributed by atoms with E-state index in [1.807, 2.05) is 6.92 Å². The Morgan fingerprint density at radius 1 is 1.56 bits per heavy atom. The number of aromatic hydroxyl groups is 1. The maximum atomic E-state index is 10.5. The van der Waals surface area contributed by atoms with Crippen molar-refractivity contribution in [3.8, 4) is 11.5 Å². The van der Waals surface area contributed by atoms with Crippen molar-refractivity contribution in [1.82, 2.24) is 0 Å². The molecule has 16 heavy (non-hydrogen) atoms. The fourth-order valence-corrected chi connectivity index (χ4v) is 1.66. The van der Waals surface area contributed by atoms with Crippen LogP contribution in [0.5, 0.6) is 11.5 Å². The number of benzene rings is 1. The van der Waals surface area contributed by atoms with Gasteiger partial charge < -0.3 is 9.84 Å². The van der Waals surface area contributed by atoms with Crippen molar-refractivity contribution in [2.45, 2.75) is 19.3 Å². The van der Waals surface area contributed by atoms with Gasteiger partial charge in [0.15, 0.2) is 11.5 Å². The number of hydrogen-bond acceptors (Lipinski definition) is 4. The number of ether oxygens (including phenoxy) is 1. The molecule has 1 rings (SSSR count). The highest BCUT2D eigenvalue weighted by atomic mass is 16.6. The average Bonchev–Trinajstić information content (AvgIpc) is 2.26. The zero-order valence-corrected chi connectivity index (χ0v) is 9.34. The molecular weight excluding hydrogens is 210 g/mol. The van der Waals surface area contributed by atoms with E-state index in [0.717, 1.165) is 0 Å². The van der Waals surface area contributed by atoms with Gasteiger partial charge >= 0.3 is 0 Å². The molecular formula is C11H15NO4. The molecule has 1 atom stereocenters. The highest BCUT2D eigenvalue weighted by Gasteiger charge is 2.20. The molecule has 0 saturated heterocycles. The summed E-state index contributed by atoms with van der Waals surface area (Å²) in [5.41, 5.74) is 0.568. The van der Waals surface area contributed by atoms with Gasteiger partial charge in [-0.1, -0.05) is 19.1 Å². The molecule has 0 aliphatic carbocycles. The largest absolute Gasteiger partial charge is 0.504 e. The minimum Gasteiger partial charge on any atom is -0.504 e. The third-order valence-electron chi connectivity index (χ3n) is 2.55. The van der Waals surface area contributed by atoms with Gasteiger partial charge in [-0.3, -0.25) is 10.1 Å². The number of nitro groups is 1. The average molecular weight is 225 g/mol. The predicted octanol–water partition coefficient (Wildman–Crippen LogP) is 2.17. The molecule has 0 aromatic heterocycles. The van der Waals surface area contributed by atoms with E-state index in [2.05, 4.69) is 0 Å². The van der Waals surface area contributed by atoms with Crippen LogP contribution < -0.4 is 4.74 Å². The number of methoxy groups -OCH3 is 1. The second-order valence-corrected chi connectivity index (χ2v) is 3.52. The third kappa shape index (κ3) is 2.62. The zero-order valence-electron chi connectivity index (χ0n) is 9.34. The number of para-hydroxylation sites is 1. The van der Waals surface area contributed by atoms with Crippen LogP contribution in [0.25, 0.3) is 0 Å².